The molecule has 7 nitrogen and oxygen atoms in total. The van der Waals surface area contributed by atoms with Crippen LogP contribution in [-0.4, -0.2) is 34.8 Å². The lowest BCUT2D eigenvalue weighted by atomic mass is 10.0. The Kier molecular flexibility index (Phi) is 8.40. The number of carbonyl (C=O) groups excluding carboxylic acids is 1. The van der Waals surface area contributed by atoms with Gasteiger partial charge in [-0.1, -0.05) is 44.2 Å². The van der Waals surface area contributed by atoms with E-state index in [4.69, 9.17) is 9.47 Å². The highest BCUT2D eigenvalue weighted by Crippen LogP contribution is 2.27. The van der Waals surface area contributed by atoms with E-state index in [0.717, 1.165) is 16.7 Å². The van der Waals surface area contributed by atoms with Gasteiger partial charge in [0.15, 0.2) is 11.5 Å². The van der Waals surface area contributed by atoms with Crippen LogP contribution in [0.3, 0.4) is 0 Å². The molecule has 8 heteroatoms. The number of carbonyl (C=O) groups is 1. The van der Waals surface area contributed by atoms with Gasteiger partial charge >= 0.3 is 0 Å². The van der Waals surface area contributed by atoms with Crippen LogP contribution in [0.25, 0.3) is 0 Å². The maximum atomic E-state index is 12.6. The molecule has 0 aliphatic carbocycles. The second kappa shape index (κ2) is 11.3. The predicted octanol–water partition coefficient (Wildman–Crippen LogP) is 4.72. The SMILES string of the molecule is COc1ccc(CNC(=O)c2ccc(CN(c3ccc(C(C)C)cc3)S(C)(=O)=O)cc2)cc1OC. The molecule has 0 radical (unpaired) electrons. The van der Waals surface area contributed by atoms with E-state index in [9.17, 15) is 13.2 Å². The van der Waals surface area contributed by atoms with Crippen molar-refractivity contribution >= 4 is 21.6 Å². The Hall–Kier alpha value is -3.52. The molecule has 0 bridgehead atoms. The number of benzene rings is 3. The summed E-state index contributed by atoms with van der Waals surface area (Å²) in [5.41, 5.74) is 3.89. The summed E-state index contributed by atoms with van der Waals surface area (Å²) in [6.07, 6.45) is 1.19. The van der Waals surface area contributed by atoms with Gasteiger partial charge in [0.1, 0.15) is 0 Å². The first-order chi connectivity index (χ1) is 16.6. The van der Waals surface area contributed by atoms with Crippen LogP contribution in [0.2, 0.25) is 0 Å². The fourth-order valence-corrected chi connectivity index (χ4v) is 4.52. The number of hydrogen-bond donors (Lipinski definition) is 1. The third-order valence-electron chi connectivity index (χ3n) is 5.69. The van der Waals surface area contributed by atoms with E-state index < -0.39 is 10.0 Å². The average molecular weight is 497 g/mol. The lowest BCUT2D eigenvalue weighted by Gasteiger charge is -2.23. The molecule has 0 aromatic heterocycles. The van der Waals surface area contributed by atoms with Crippen molar-refractivity contribution in [2.24, 2.45) is 0 Å². The number of nitrogens with one attached hydrogen (secondary N) is 1. The molecule has 3 aromatic carbocycles. The fourth-order valence-electron chi connectivity index (χ4n) is 3.63. The number of amides is 1. The predicted molar refractivity (Wildman–Crippen MR) is 139 cm³/mol. The molecule has 0 spiro atoms. The van der Waals surface area contributed by atoms with Gasteiger partial charge in [0.2, 0.25) is 10.0 Å². The number of sulfonamides is 1. The Morgan fingerprint density at radius 3 is 2.03 bits per heavy atom. The molecule has 0 unspecified atom stereocenters. The topological polar surface area (TPSA) is 84.9 Å². The molecule has 0 aliphatic rings. The normalized spacial score (nSPS) is 11.3. The first-order valence-corrected chi connectivity index (χ1v) is 13.1. The average Bonchev–Trinajstić information content (AvgIpc) is 2.85. The van der Waals surface area contributed by atoms with Crippen molar-refractivity contribution in [1.82, 2.24) is 5.32 Å². The van der Waals surface area contributed by atoms with Crippen LogP contribution in [0, 0.1) is 0 Å². The van der Waals surface area contributed by atoms with Gasteiger partial charge in [0, 0.05) is 12.1 Å². The minimum Gasteiger partial charge on any atom is -0.493 e. The molecule has 35 heavy (non-hydrogen) atoms. The van der Waals surface area contributed by atoms with E-state index in [2.05, 4.69) is 19.2 Å². The number of ether oxygens (including phenoxy) is 2. The third-order valence-corrected chi connectivity index (χ3v) is 6.83. The van der Waals surface area contributed by atoms with Crippen LogP contribution in [0.1, 0.15) is 46.8 Å². The molecular formula is C27H32N2O5S. The molecule has 0 saturated carbocycles. The van der Waals surface area contributed by atoms with Crippen molar-refractivity contribution in [2.45, 2.75) is 32.9 Å². The molecule has 0 atom stereocenters. The Balaban J connectivity index is 1.68. The quantitative estimate of drug-likeness (QED) is 0.439. The van der Waals surface area contributed by atoms with Gasteiger partial charge in [-0.05, 0) is 59.0 Å². The van der Waals surface area contributed by atoms with Crippen LogP contribution < -0.4 is 19.1 Å². The summed E-state index contributed by atoms with van der Waals surface area (Å²) in [4.78, 5) is 12.6. The van der Waals surface area contributed by atoms with Crippen LogP contribution in [-0.2, 0) is 23.1 Å². The Morgan fingerprint density at radius 2 is 1.49 bits per heavy atom. The van der Waals surface area contributed by atoms with E-state index in [0.29, 0.717) is 35.2 Å². The monoisotopic (exact) mass is 496 g/mol. The number of nitrogens with zero attached hydrogens (tertiary/aromatic N) is 1. The molecule has 3 aromatic rings. The van der Waals surface area contributed by atoms with Crippen LogP contribution >= 0.6 is 0 Å². The maximum absolute atomic E-state index is 12.6. The first kappa shape index (κ1) is 26.1. The molecule has 0 heterocycles. The van der Waals surface area contributed by atoms with Crippen molar-refractivity contribution in [1.29, 1.82) is 0 Å². The largest absolute Gasteiger partial charge is 0.493 e. The molecule has 186 valence electrons. The summed E-state index contributed by atoms with van der Waals surface area (Å²) >= 11 is 0. The van der Waals surface area contributed by atoms with E-state index in [1.165, 1.54) is 10.6 Å². The van der Waals surface area contributed by atoms with E-state index in [1.54, 1.807) is 44.6 Å². The van der Waals surface area contributed by atoms with Crippen molar-refractivity contribution in [2.75, 3.05) is 24.8 Å². The molecular weight excluding hydrogens is 464 g/mol. The van der Waals surface area contributed by atoms with Gasteiger partial charge in [-0.2, -0.15) is 0 Å². The molecule has 0 saturated heterocycles. The highest BCUT2D eigenvalue weighted by atomic mass is 32.2. The molecule has 0 fully saturated rings. The maximum Gasteiger partial charge on any atom is 0.251 e. The Labute approximate surface area is 207 Å². The summed E-state index contributed by atoms with van der Waals surface area (Å²) in [5, 5.41) is 2.89. The summed E-state index contributed by atoms with van der Waals surface area (Å²) in [7, 11) is -0.358. The number of hydrogen-bond acceptors (Lipinski definition) is 5. The van der Waals surface area contributed by atoms with Crippen molar-refractivity contribution < 1.29 is 22.7 Å². The highest BCUT2D eigenvalue weighted by molar-refractivity contribution is 7.92. The smallest absolute Gasteiger partial charge is 0.251 e. The molecule has 1 N–H and O–H groups in total. The van der Waals surface area contributed by atoms with Gasteiger partial charge in [0.05, 0.1) is 32.7 Å². The molecule has 0 aliphatic heterocycles. The van der Waals surface area contributed by atoms with Crippen molar-refractivity contribution in [3.8, 4) is 11.5 Å². The zero-order chi connectivity index (χ0) is 25.6. The second-order valence-electron chi connectivity index (χ2n) is 8.58. The lowest BCUT2D eigenvalue weighted by Crippen LogP contribution is -2.29. The van der Waals surface area contributed by atoms with E-state index in [1.807, 2.05) is 36.4 Å². The number of methoxy groups -OCH3 is 2. The fraction of sp³-hybridized carbons (Fsp3) is 0.296. The Morgan fingerprint density at radius 1 is 0.886 bits per heavy atom. The minimum atomic E-state index is -3.49. The van der Waals surface area contributed by atoms with Crippen LogP contribution in [0.4, 0.5) is 5.69 Å². The van der Waals surface area contributed by atoms with Crippen molar-refractivity contribution in [3.05, 3.63) is 89.0 Å². The van der Waals surface area contributed by atoms with Gasteiger partial charge < -0.3 is 14.8 Å². The van der Waals surface area contributed by atoms with E-state index >= 15 is 0 Å². The summed E-state index contributed by atoms with van der Waals surface area (Å²) in [6, 6.07) is 19.9. The first-order valence-electron chi connectivity index (χ1n) is 11.3. The van der Waals surface area contributed by atoms with Gasteiger partial charge in [0.25, 0.3) is 5.91 Å². The highest BCUT2D eigenvalue weighted by Gasteiger charge is 2.18. The zero-order valence-corrected chi connectivity index (χ0v) is 21.6. The van der Waals surface area contributed by atoms with E-state index in [-0.39, 0.29) is 12.5 Å². The minimum absolute atomic E-state index is 0.174. The summed E-state index contributed by atoms with van der Waals surface area (Å²) in [5.74, 6) is 1.35. The second-order valence-corrected chi connectivity index (χ2v) is 10.5. The number of rotatable bonds is 10. The molecule has 3 rings (SSSR count). The summed E-state index contributed by atoms with van der Waals surface area (Å²) in [6.45, 7) is 4.69. The number of anilines is 1. The molecule has 1 amide bonds. The Bertz CT molecular complexity index is 1250. The third kappa shape index (κ3) is 6.76. The van der Waals surface area contributed by atoms with Crippen molar-refractivity contribution in [3.63, 3.8) is 0 Å². The van der Waals surface area contributed by atoms with Crippen LogP contribution in [0.5, 0.6) is 11.5 Å². The van der Waals surface area contributed by atoms with Gasteiger partial charge in [-0.15, -0.1) is 0 Å². The standard InChI is InChI=1S/C27H32N2O5S/c1-19(2)22-11-13-24(14-12-22)29(35(5,31)32)18-20-6-9-23(10-7-20)27(30)28-17-21-8-15-25(33-3)26(16-21)34-4/h6-16,19H,17-18H2,1-5H3,(H,28,30). The van der Waals surface area contributed by atoms with Gasteiger partial charge in [-0.3, -0.25) is 9.10 Å². The summed E-state index contributed by atoms with van der Waals surface area (Å²) < 4.78 is 36.9. The lowest BCUT2D eigenvalue weighted by molar-refractivity contribution is 0.0951. The van der Waals surface area contributed by atoms with Gasteiger partial charge in [-0.25, -0.2) is 8.42 Å². The zero-order valence-electron chi connectivity index (χ0n) is 20.7. The van der Waals surface area contributed by atoms with Crippen LogP contribution in [0.15, 0.2) is 66.7 Å².